The van der Waals surface area contributed by atoms with E-state index < -0.39 is 5.60 Å². The van der Waals surface area contributed by atoms with Gasteiger partial charge in [-0.3, -0.25) is 0 Å². The summed E-state index contributed by atoms with van der Waals surface area (Å²) in [5.74, 6) is 1.25. The van der Waals surface area contributed by atoms with Crippen LogP contribution in [0.1, 0.15) is 19.4 Å². The molecular weight excluding hydrogens is 244 g/mol. The van der Waals surface area contributed by atoms with Crippen molar-refractivity contribution < 1.29 is 19.3 Å². The fraction of sp³-hybridized carbons (Fsp3) is 0.500. The standard InChI is InChI=1S/C12H17ClO4/c1-12(2,14)9-7(13)6-8(15-3)10(16-4)11(9)17-5/h6,14H,1-5H3. The van der Waals surface area contributed by atoms with E-state index in [9.17, 15) is 5.11 Å². The van der Waals surface area contributed by atoms with Crippen molar-refractivity contribution in [2.75, 3.05) is 21.3 Å². The number of benzene rings is 1. The van der Waals surface area contributed by atoms with E-state index in [0.717, 1.165) is 0 Å². The zero-order chi connectivity index (χ0) is 13.2. The Morgan fingerprint density at radius 2 is 1.59 bits per heavy atom. The molecule has 5 heteroatoms. The van der Waals surface area contributed by atoms with E-state index in [2.05, 4.69) is 0 Å². The van der Waals surface area contributed by atoms with Crippen molar-refractivity contribution in [3.63, 3.8) is 0 Å². The van der Waals surface area contributed by atoms with Gasteiger partial charge in [-0.2, -0.15) is 0 Å². The van der Waals surface area contributed by atoms with Crippen LogP contribution >= 0.6 is 11.6 Å². The van der Waals surface area contributed by atoms with Gasteiger partial charge < -0.3 is 19.3 Å². The van der Waals surface area contributed by atoms with E-state index in [-0.39, 0.29) is 0 Å². The maximum Gasteiger partial charge on any atom is 0.203 e. The van der Waals surface area contributed by atoms with Crippen LogP contribution in [0.5, 0.6) is 17.2 Å². The highest BCUT2D eigenvalue weighted by molar-refractivity contribution is 6.32. The minimum Gasteiger partial charge on any atom is -0.493 e. The first-order chi connectivity index (χ1) is 7.86. The Bertz CT molecular complexity index is 410. The number of hydrogen-bond acceptors (Lipinski definition) is 4. The number of hydrogen-bond donors (Lipinski definition) is 1. The Kier molecular flexibility index (Phi) is 4.11. The van der Waals surface area contributed by atoms with Crippen molar-refractivity contribution >= 4 is 11.6 Å². The third kappa shape index (κ3) is 2.58. The van der Waals surface area contributed by atoms with Gasteiger partial charge in [-0.05, 0) is 13.8 Å². The van der Waals surface area contributed by atoms with Gasteiger partial charge in [0.25, 0.3) is 0 Å². The van der Waals surface area contributed by atoms with Crippen LogP contribution in [0, 0.1) is 0 Å². The molecule has 1 aromatic rings. The molecule has 0 saturated heterocycles. The minimum atomic E-state index is -1.14. The highest BCUT2D eigenvalue weighted by Gasteiger charge is 2.29. The summed E-state index contributed by atoms with van der Waals surface area (Å²) in [5.41, 5.74) is -0.665. The molecule has 1 rings (SSSR count). The zero-order valence-corrected chi connectivity index (χ0v) is 11.4. The number of rotatable bonds is 4. The summed E-state index contributed by atoms with van der Waals surface area (Å²) in [6.07, 6.45) is 0. The third-order valence-corrected chi connectivity index (χ3v) is 2.69. The molecule has 0 aromatic heterocycles. The van der Waals surface area contributed by atoms with E-state index in [0.29, 0.717) is 27.8 Å². The second-order valence-corrected chi connectivity index (χ2v) is 4.47. The summed E-state index contributed by atoms with van der Waals surface area (Å²) in [7, 11) is 4.50. The predicted octanol–water partition coefficient (Wildman–Crippen LogP) is 2.59. The molecule has 0 amide bonds. The van der Waals surface area contributed by atoms with Crippen molar-refractivity contribution in [2.24, 2.45) is 0 Å². The van der Waals surface area contributed by atoms with Gasteiger partial charge in [-0.1, -0.05) is 11.6 Å². The lowest BCUT2D eigenvalue weighted by molar-refractivity contribution is 0.0751. The summed E-state index contributed by atoms with van der Waals surface area (Å²) in [5, 5.41) is 10.5. The maximum atomic E-state index is 10.1. The summed E-state index contributed by atoms with van der Waals surface area (Å²) in [6, 6.07) is 1.59. The van der Waals surface area contributed by atoms with E-state index in [4.69, 9.17) is 25.8 Å². The summed E-state index contributed by atoms with van der Waals surface area (Å²) < 4.78 is 15.7. The van der Waals surface area contributed by atoms with E-state index in [1.54, 1.807) is 19.9 Å². The molecule has 96 valence electrons. The number of ether oxygens (including phenoxy) is 3. The molecule has 0 aliphatic carbocycles. The second kappa shape index (κ2) is 5.02. The molecule has 0 atom stereocenters. The van der Waals surface area contributed by atoms with Gasteiger partial charge in [0.1, 0.15) is 0 Å². The molecular formula is C12H17ClO4. The van der Waals surface area contributed by atoms with Gasteiger partial charge in [0.2, 0.25) is 5.75 Å². The Hall–Kier alpha value is -1.13. The van der Waals surface area contributed by atoms with Crippen LogP contribution < -0.4 is 14.2 Å². The molecule has 0 radical (unpaired) electrons. The second-order valence-electron chi connectivity index (χ2n) is 4.06. The Labute approximate surface area is 106 Å². The monoisotopic (exact) mass is 260 g/mol. The van der Waals surface area contributed by atoms with Gasteiger partial charge in [0.05, 0.1) is 32.0 Å². The van der Waals surface area contributed by atoms with Crippen molar-refractivity contribution in [1.29, 1.82) is 0 Å². The normalized spacial score (nSPS) is 11.2. The Morgan fingerprint density at radius 3 is 1.94 bits per heavy atom. The van der Waals surface area contributed by atoms with Crippen LogP contribution in [0.2, 0.25) is 5.02 Å². The number of methoxy groups -OCH3 is 3. The SMILES string of the molecule is COc1cc(Cl)c(C(C)(C)O)c(OC)c1OC. The molecule has 0 aliphatic heterocycles. The van der Waals surface area contributed by atoms with Crippen LogP contribution in [0.25, 0.3) is 0 Å². The smallest absolute Gasteiger partial charge is 0.203 e. The lowest BCUT2D eigenvalue weighted by atomic mass is 9.96. The number of halogens is 1. The van der Waals surface area contributed by atoms with Crippen LogP contribution in [-0.2, 0) is 5.60 Å². The topological polar surface area (TPSA) is 47.9 Å². The van der Waals surface area contributed by atoms with E-state index in [1.807, 2.05) is 0 Å². The summed E-state index contributed by atoms with van der Waals surface area (Å²) >= 11 is 6.13. The predicted molar refractivity (Wildman–Crippen MR) is 66.4 cm³/mol. The molecule has 1 N–H and O–H groups in total. The summed E-state index contributed by atoms with van der Waals surface area (Å²) in [4.78, 5) is 0. The summed E-state index contributed by atoms with van der Waals surface area (Å²) in [6.45, 7) is 3.26. The molecule has 0 aliphatic rings. The van der Waals surface area contributed by atoms with Crippen molar-refractivity contribution in [3.8, 4) is 17.2 Å². The molecule has 1 aromatic carbocycles. The van der Waals surface area contributed by atoms with Crippen molar-refractivity contribution in [1.82, 2.24) is 0 Å². The first kappa shape index (κ1) is 13.9. The number of aliphatic hydroxyl groups is 1. The molecule has 0 heterocycles. The van der Waals surface area contributed by atoms with E-state index >= 15 is 0 Å². The largest absolute Gasteiger partial charge is 0.493 e. The van der Waals surface area contributed by atoms with Gasteiger partial charge >= 0.3 is 0 Å². The van der Waals surface area contributed by atoms with Crippen LogP contribution in [-0.4, -0.2) is 26.4 Å². The van der Waals surface area contributed by atoms with Crippen LogP contribution in [0.4, 0.5) is 0 Å². The van der Waals surface area contributed by atoms with Crippen molar-refractivity contribution in [2.45, 2.75) is 19.4 Å². The average Bonchev–Trinajstić information content (AvgIpc) is 2.25. The maximum absolute atomic E-state index is 10.1. The first-order valence-electron chi connectivity index (χ1n) is 5.08. The van der Waals surface area contributed by atoms with E-state index in [1.165, 1.54) is 21.3 Å². The van der Waals surface area contributed by atoms with Crippen LogP contribution in [0.15, 0.2) is 6.07 Å². The fourth-order valence-corrected chi connectivity index (χ4v) is 2.11. The lowest BCUT2D eigenvalue weighted by Crippen LogP contribution is -2.18. The van der Waals surface area contributed by atoms with Gasteiger partial charge in [0.15, 0.2) is 11.5 Å². The lowest BCUT2D eigenvalue weighted by Gasteiger charge is -2.24. The Balaban J connectivity index is 3.61. The molecule has 0 fully saturated rings. The van der Waals surface area contributed by atoms with Gasteiger partial charge in [-0.15, -0.1) is 0 Å². The molecule has 0 saturated carbocycles. The van der Waals surface area contributed by atoms with Gasteiger partial charge in [-0.25, -0.2) is 0 Å². The minimum absolute atomic E-state index is 0.368. The van der Waals surface area contributed by atoms with Gasteiger partial charge in [0, 0.05) is 11.6 Å². The molecule has 0 unspecified atom stereocenters. The van der Waals surface area contributed by atoms with Crippen LogP contribution in [0.3, 0.4) is 0 Å². The highest BCUT2D eigenvalue weighted by Crippen LogP contribution is 2.47. The average molecular weight is 261 g/mol. The zero-order valence-electron chi connectivity index (χ0n) is 10.6. The Morgan fingerprint density at radius 1 is 1.06 bits per heavy atom. The third-order valence-electron chi connectivity index (χ3n) is 2.39. The molecule has 4 nitrogen and oxygen atoms in total. The molecule has 0 spiro atoms. The van der Waals surface area contributed by atoms with Crippen molar-refractivity contribution in [3.05, 3.63) is 16.7 Å². The quantitative estimate of drug-likeness (QED) is 0.904. The molecule has 0 bridgehead atoms. The highest BCUT2D eigenvalue weighted by atomic mass is 35.5. The molecule has 17 heavy (non-hydrogen) atoms. The fourth-order valence-electron chi connectivity index (χ4n) is 1.70. The first-order valence-corrected chi connectivity index (χ1v) is 5.46.